The lowest BCUT2D eigenvalue weighted by Crippen LogP contribution is -2.03. The Kier molecular flexibility index (Phi) is 5.61. The van der Waals surface area contributed by atoms with E-state index >= 15 is 0 Å². The number of hydrogen-bond donors (Lipinski definition) is 1. The lowest BCUT2D eigenvalue weighted by atomic mass is 10.0. The average Bonchev–Trinajstić information content (AvgIpc) is 2.74. The molecule has 0 spiro atoms. The first kappa shape index (κ1) is 20.8. The first-order valence-electron chi connectivity index (χ1n) is 10.0. The van der Waals surface area contributed by atoms with Crippen molar-refractivity contribution in [1.29, 1.82) is 0 Å². The van der Waals surface area contributed by atoms with Crippen molar-refractivity contribution < 1.29 is 8.42 Å². The van der Waals surface area contributed by atoms with E-state index in [4.69, 9.17) is 0 Å². The van der Waals surface area contributed by atoms with Crippen LogP contribution < -0.4 is 5.32 Å². The highest BCUT2D eigenvalue weighted by molar-refractivity contribution is 7.94. The molecule has 0 aliphatic heterocycles. The number of aryl methyl sites for hydroxylation is 1. The summed E-state index contributed by atoms with van der Waals surface area (Å²) in [5.74, 6) is 0.722. The minimum Gasteiger partial charge on any atom is -0.431 e. The molecule has 4 rings (SSSR count). The van der Waals surface area contributed by atoms with Crippen LogP contribution in [0.1, 0.15) is 30.9 Å². The zero-order valence-corrected chi connectivity index (χ0v) is 18.4. The number of rotatable bonds is 6. The van der Waals surface area contributed by atoms with Crippen molar-refractivity contribution in [2.75, 3.05) is 5.32 Å². The molecule has 3 aromatic carbocycles. The van der Waals surface area contributed by atoms with Gasteiger partial charge in [0.25, 0.3) is 0 Å². The van der Waals surface area contributed by atoms with Crippen molar-refractivity contribution in [2.24, 2.45) is 0 Å². The highest BCUT2D eigenvalue weighted by Crippen LogP contribution is 2.35. The van der Waals surface area contributed by atoms with Crippen LogP contribution in [0.5, 0.6) is 0 Å². The first-order valence-corrected chi connectivity index (χ1v) is 11.4. The Bertz CT molecular complexity index is 1330. The number of fused-ring (bicyclic) bond motifs is 1. The van der Waals surface area contributed by atoms with Gasteiger partial charge in [-0.1, -0.05) is 56.3 Å². The maximum atomic E-state index is 13.0. The largest absolute Gasteiger partial charge is 0.431 e. The van der Waals surface area contributed by atoms with E-state index in [0.717, 1.165) is 11.3 Å². The zero-order valence-electron chi connectivity index (χ0n) is 17.6. The van der Waals surface area contributed by atoms with Crippen molar-refractivity contribution >= 4 is 38.4 Å². The van der Waals surface area contributed by atoms with Gasteiger partial charge in [-0.3, -0.25) is 0 Å². The number of aromatic nitrogens is 2. The maximum absolute atomic E-state index is 13.0. The molecule has 1 N–H and O–H groups in total. The number of nitrogens with zero attached hydrogens (tertiary/aromatic N) is 3. The quantitative estimate of drug-likeness (QED) is 0.393. The molecule has 6 nitrogen and oxygen atoms in total. The van der Waals surface area contributed by atoms with Gasteiger partial charge in [0, 0.05) is 5.69 Å². The summed E-state index contributed by atoms with van der Waals surface area (Å²) in [6, 6.07) is 21.9. The first-order chi connectivity index (χ1) is 14.8. The van der Waals surface area contributed by atoms with Gasteiger partial charge in [-0.15, -0.1) is 0 Å². The second kappa shape index (κ2) is 8.35. The van der Waals surface area contributed by atoms with Crippen LogP contribution in [0.15, 0.2) is 77.7 Å². The molecular weight excluding hydrogens is 408 g/mol. The van der Waals surface area contributed by atoms with Gasteiger partial charge in [-0.05, 0) is 65.6 Å². The van der Waals surface area contributed by atoms with Crippen LogP contribution in [0, 0.1) is 6.92 Å². The second-order valence-corrected chi connectivity index (χ2v) is 9.27. The van der Waals surface area contributed by atoms with Crippen molar-refractivity contribution in [1.82, 2.24) is 9.97 Å². The Morgan fingerprint density at radius 3 is 2.19 bits per heavy atom. The molecule has 1 heterocycles. The molecule has 31 heavy (non-hydrogen) atoms. The fourth-order valence-corrected chi connectivity index (χ4v) is 4.21. The van der Waals surface area contributed by atoms with E-state index in [-0.39, 0.29) is 16.5 Å². The SMILES string of the molecule is Cc1cccc(S(=O)(=O)[N-]c2nc3ccccc3nc2Nc2ccc(C(C)C)cc2)c1. The van der Waals surface area contributed by atoms with Gasteiger partial charge in [0.05, 0.1) is 10.4 Å². The van der Waals surface area contributed by atoms with E-state index in [1.165, 1.54) is 11.6 Å². The highest BCUT2D eigenvalue weighted by atomic mass is 32.2. The molecule has 0 saturated carbocycles. The van der Waals surface area contributed by atoms with E-state index in [1.54, 1.807) is 18.2 Å². The van der Waals surface area contributed by atoms with Crippen LogP contribution in [0.4, 0.5) is 17.3 Å². The van der Waals surface area contributed by atoms with E-state index in [0.29, 0.717) is 17.0 Å². The van der Waals surface area contributed by atoms with E-state index in [2.05, 4.69) is 33.9 Å². The number of nitrogens with one attached hydrogen (secondary N) is 1. The van der Waals surface area contributed by atoms with Crippen LogP contribution in [-0.4, -0.2) is 18.4 Å². The number of sulfonamides is 1. The van der Waals surface area contributed by atoms with Gasteiger partial charge < -0.3 is 15.0 Å². The minimum atomic E-state index is -3.95. The van der Waals surface area contributed by atoms with Gasteiger partial charge in [0.1, 0.15) is 5.82 Å². The Labute approximate surface area is 182 Å². The van der Waals surface area contributed by atoms with Crippen molar-refractivity contribution in [3.05, 3.63) is 88.6 Å². The molecule has 0 aliphatic rings. The summed E-state index contributed by atoms with van der Waals surface area (Å²) in [5, 5.41) is 3.18. The topological polar surface area (TPSA) is 86.1 Å². The molecule has 0 bridgehead atoms. The van der Waals surface area contributed by atoms with Crippen LogP contribution >= 0.6 is 0 Å². The number of anilines is 2. The molecule has 0 radical (unpaired) electrons. The number of benzene rings is 3. The third-order valence-corrected chi connectivity index (χ3v) is 6.15. The summed E-state index contributed by atoms with van der Waals surface area (Å²) >= 11 is 0. The summed E-state index contributed by atoms with van der Waals surface area (Å²) < 4.78 is 29.9. The zero-order chi connectivity index (χ0) is 22.0. The summed E-state index contributed by atoms with van der Waals surface area (Å²) in [6.45, 7) is 6.09. The molecule has 0 aliphatic carbocycles. The standard InChI is InChI=1S/C24H23N4O2S/c1-16(2)18-11-13-19(14-12-18)25-23-24(27-22-10-5-4-9-21(22)26-23)28-31(29,30)20-8-6-7-17(3)15-20/h4-16H,1-3H3,(H-,25,26,27,28)/q-1. The van der Waals surface area contributed by atoms with Crippen LogP contribution in [0.2, 0.25) is 0 Å². The Hall–Kier alpha value is -3.45. The van der Waals surface area contributed by atoms with Crippen LogP contribution in [-0.2, 0) is 10.0 Å². The van der Waals surface area contributed by atoms with E-state index in [1.807, 2.05) is 55.5 Å². The summed E-state index contributed by atoms with van der Waals surface area (Å²) in [4.78, 5) is 9.19. The smallest absolute Gasteiger partial charge is 0.202 e. The predicted octanol–water partition coefficient (Wildman–Crippen LogP) is 6.20. The molecule has 4 aromatic rings. The molecule has 0 saturated heterocycles. The van der Waals surface area contributed by atoms with E-state index in [9.17, 15) is 8.42 Å². The van der Waals surface area contributed by atoms with Gasteiger partial charge in [-0.25, -0.2) is 13.4 Å². The van der Waals surface area contributed by atoms with Gasteiger partial charge in [0.15, 0.2) is 0 Å². The fraction of sp³-hybridized carbons (Fsp3) is 0.167. The Balaban J connectivity index is 1.74. The third-order valence-electron chi connectivity index (χ3n) is 4.89. The third kappa shape index (κ3) is 4.67. The van der Waals surface area contributed by atoms with Gasteiger partial charge in [-0.2, -0.15) is 0 Å². The van der Waals surface area contributed by atoms with Gasteiger partial charge >= 0.3 is 0 Å². The summed E-state index contributed by atoms with van der Waals surface area (Å²) in [6.07, 6.45) is 0. The highest BCUT2D eigenvalue weighted by Gasteiger charge is 2.13. The molecule has 7 heteroatoms. The molecular formula is C24H23N4O2S-. The predicted molar refractivity (Wildman–Crippen MR) is 125 cm³/mol. The second-order valence-electron chi connectivity index (χ2n) is 7.67. The summed E-state index contributed by atoms with van der Waals surface area (Å²) in [5.41, 5.74) is 4.04. The van der Waals surface area contributed by atoms with Crippen LogP contribution in [0.3, 0.4) is 0 Å². The van der Waals surface area contributed by atoms with Crippen molar-refractivity contribution in [3.8, 4) is 0 Å². The van der Waals surface area contributed by atoms with Gasteiger partial charge in [0.2, 0.25) is 10.0 Å². The molecule has 0 atom stereocenters. The van der Waals surface area contributed by atoms with Crippen LogP contribution in [0.25, 0.3) is 15.8 Å². The number of hydrogen-bond acceptors (Lipinski definition) is 5. The molecule has 0 amide bonds. The lowest BCUT2D eigenvalue weighted by molar-refractivity contribution is 0.603. The number of para-hydroxylation sites is 2. The molecule has 0 unspecified atom stereocenters. The Morgan fingerprint density at radius 1 is 0.871 bits per heavy atom. The molecule has 158 valence electrons. The lowest BCUT2D eigenvalue weighted by Gasteiger charge is -2.21. The maximum Gasteiger partial charge on any atom is 0.202 e. The normalized spacial score (nSPS) is 11.6. The molecule has 0 fully saturated rings. The average molecular weight is 432 g/mol. The summed E-state index contributed by atoms with van der Waals surface area (Å²) in [7, 11) is -3.95. The monoisotopic (exact) mass is 431 g/mol. The van der Waals surface area contributed by atoms with E-state index < -0.39 is 10.0 Å². The minimum absolute atomic E-state index is 0.0214. The van der Waals surface area contributed by atoms with Crippen molar-refractivity contribution in [3.63, 3.8) is 0 Å². The van der Waals surface area contributed by atoms with Crippen molar-refractivity contribution in [2.45, 2.75) is 31.6 Å². The fourth-order valence-electron chi connectivity index (χ4n) is 3.17. The Morgan fingerprint density at radius 2 is 1.55 bits per heavy atom. The molecule has 1 aromatic heterocycles.